The monoisotopic (exact) mass is 511 g/mol. The number of ether oxygens (including phenoxy) is 1. The number of halogens is 2. The molecule has 0 saturated heterocycles. The van der Waals surface area contributed by atoms with Gasteiger partial charge >= 0.3 is 5.91 Å². The number of hydrazone groups is 1. The minimum atomic E-state index is -0.644. The van der Waals surface area contributed by atoms with Crippen molar-refractivity contribution in [1.29, 1.82) is 0 Å². The number of nitro groups is 1. The third-order valence-corrected chi connectivity index (χ3v) is 4.71. The number of carbonyl (C=O) groups excluding carboxylic acids is 1. The lowest BCUT2D eigenvalue weighted by Gasteiger charge is -2.02. The van der Waals surface area contributed by atoms with Gasteiger partial charge in [0.15, 0.2) is 17.1 Å². The molecule has 0 spiro atoms. The summed E-state index contributed by atoms with van der Waals surface area (Å²) in [5, 5.41) is 25.2. The van der Waals surface area contributed by atoms with Gasteiger partial charge in [-0.25, -0.2) is 5.43 Å². The summed E-state index contributed by atoms with van der Waals surface area (Å²) in [6.45, 7) is 0. The second kappa shape index (κ2) is 7.98. The first-order chi connectivity index (χ1) is 13.3. The molecule has 1 amide bonds. The molecule has 1 aromatic heterocycles. The third kappa shape index (κ3) is 3.99. The minimum absolute atomic E-state index is 0.00649. The van der Waals surface area contributed by atoms with Crippen LogP contribution in [0, 0.1) is 10.1 Å². The SMILES string of the molecule is COc1cc(Br)cc2cc(C(=O)N/N=C\c3cc([N+](=O)[O-])cc(Br)c3O)oc12. The lowest BCUT2D eigenvalue weighted by Crippen LogP contribution is -2.16. The molecule has 0 radical (unpaired) electrons. The van der Waals surface area contributed by atoms with Gasteiger partial charge in [0.1, 0.15) is 5.75 Å². The van der Waals surface area contributed by atoms with E-state index in [1.165, 1.54) is 13.2 Å². The topological polar surface area (TPSA) is 127 Å². The van der Waals surface area contributed by atoms with Gasteiger partial charge in [-0.15, -0.1) is 0 Å². The number of rotatable bonds is 5. The van der Waals surface area contributed by atoms with E-state index in [1.54, 1.807) is 12.1 Å². The highest BCUT2D eigenvalue weighted by Gasteiger charge is 2.16. The van der Waals surface area contributed by atoms with Gasteiger partial charge in [0, 0.05) is 27.6 Å². The number of methoxy groups -OCH3 is 1. The van der Waals surface area contributed by atoms with E-state index in [0.717, 1.165) is 22.8 Å². The Hall–Kier alpha value is -2.92. The Kier molecular flexibility index (Phi) is 5.66. The van der Waals surface area contributed by atoms with Crippen LogP contribution in [0.2, 0.25) is 0 Å². The molecule has 0 aliphatic rings. The highest BCUT2D eigenvalue weighted by atomic mass is 79.9. The Morgan fingerprint density at radius 2 is 2.07 bits per heavy atom. The average molecular weight is 513 g/mol. The molecule has 9 nitrogen and oxygen atoms in total. The molecule has 0 saturated carbocycles. The van der Waals surface area contributed by atoms with Crippen molar-refractivity contribution in [2.45, 2.75) is 0 Å². The zero-order valence-corrected chi connectivity index (χ0v) is 17.3. The number of phenolic OH excluding ortho intramolecular Hbond substituents is 1. The van der Waals surface area contributed by atoms with Gasteiger partial charge in [0.2, 0.25) is 0 Å². The first kappa shape index (κ1) is 19.8. The molecule has 28 heavy (non-hydrogen) atoms. The Labute approximate surface area is 174 Å². The van der Waals surface area contributed by atoms with Crippen LogP contribution in [-0.4, -0.2) is 29.3 Å². The molecule has 0 aliphatic heterocycles. The van der Waals surface area contributed by atoms with Crippen molar-refractivity contribution in [3.05, 3.63) is 60.7 Å². The van der Waals surface area contributed by atoms with E-state index >= 15 is 0 Å². The molecule has 2 N–H and O–H groups in total. The van der Waals surface area contributed by atoms with Crippen LogP contribution in [0.4, 0.5) is 5.69 Å². The number of benzene rings is 2. The highest BCUT2D eigenvalue weighted by molar-refractivity contribution is 9.10. The second-order valence-corrected chi connectivity index (χ2v) is 7.23. The standard InChI is InChI=1S/C17H11Br2N3O6/c1-27-13-5-10(18)2-8-4-14(28-16(8)13)17(24)21-20-7-9-3-11(22(25)26)6-12(19)15(9)23/h2-7,23H,1H3,(H,21,24)/b20-7-. The quantitative estimate of drug-likeness (QED) is 0.297. The normalized spacial score (nSPS) is 11.1. The maximum atomic E-state index is 12.3. The predicted molar refractivity (Wildman–Crippen MR) is 108 cm³/mol. The Morgan fingerprint density at radius 1 is 1.32 bits per heavy atom. The van der Waals surface area contributed by atoms with Gasteiger partial charge in [-0.05, 0) is 34.1 Å². The van der Waals surface area contributed by atoms with Crippen LogP contribution in [0.1, 0.15) is 16.1 Å². The number of hydrogen-bond acceptors (Lipinski definition) is 7. The molecule has 3 aromatic rings. The fourth-order valence-electron chi connectivity index (χ4n) is 2.37. The fourth-order valence-corrected chi connectivity index (χ4v) is 3.29. The highest BCUT2D eigenvalue weighted by Crippen LogP contribution is 2.33. The van der Waals surface area contributed by atoms with Gasteiger partial charge in [0.05, 0.1) is 22.7 Å². The molecule has 0 bridgehead atoms. The number of nitrogens with zero attached hydrogens (tertiary/aromatic N) is 2. The number of nitrogens with one attached hydrogen (secondary N) is 1. The number of hydrogen-bond donors (Lipinski definition) is 2. The summed E-state index contributed by atoms with van der Waals surface area (Å²) in [6, 6.07) is 7.27. The molecule has 3 rings (SSSR count). The van der Waals surface area contributed by atoms with Crippen molar-refractivity contribution in [3.8, 4) is 11.5 Å². The predicted octanol–water partition coefficient (Wildman–Crippen LogP) is 4.34. The van der Waals surface area contributed by atoms with Crippen LogP contribution in [0.5, 0.6) is 11.5 Å². The van der Waals surface area contributed by atoms with Crippen molar-refractivity contribution in [1.82, 2.24) is 5.43 Å². The second-order valence-electron chi connectivity index (χ2n) is 5.46. The van der Waals surface area contributed by atoms with Crippen LogP contribution >= 0.6 is 31.9 Å². The zero-order valence-electron chi connectivity index (χ0n) is 14.1. The van der Waals surface area contributed by atoms with Crippen LogP contribution in [0.25, 0.3) is 11.0 Å². The molecule has 1 heterocycles. The van der Waals surface area contributed by atoms with E-state index in [1.807, 2.05) is 0 Å². The number of amides is 1. The van der Waals surface area contributed by atoms with E-state index in [-0.39, 0.29) is 27.2 Å². The van der Waals surface area contributed by atoms with Gasteiger partial charge in [-0.1, -0.05) is 15.9 Å². The molecule has 0 aliphatic carbocycles. The molecule has 11 heteroatoms. The summed E-state index contributed by atoms with van der Waals surface area (Å²) in [5.41, 5.74) is 2.46. The molecular weight excluding hydrogens is 502 g/mol. The Bertz CT molecular complexity index is 1130. The minimum Gasteiger partial charge on any atom is -0.506 e. The number of non-ortho nitro benzene ring substituents is 1. The lowest BCUT2D eigenvalue weighted by molar-refractivity contribution is -0.385. The van der Waals surface area contributed by atoms with E-state index in [0.29, 0.717) is 16.7 Å². The van der Waals surface area contributed by atoms with E-state index in [9.17, 15) is 20.0 Å². The largest absolute Gasteiger partial charge is 0.506 e. The van der Waals surface area contributed by atoms with Crippen LogP contribution in [0.15, 0.2) is 48.8 Å². The van der Waals surface area contributed by atoms with E-state index in [2.05, 4.69) is 42.4 Å². The number of aromatic hydroxyl groups is 1. The Morgan fingerprint density at radius 3 is 2.75 bits per heavy atom. The third-order valence-electron chi connectivity index (χ3n) is 3.65. The maximum Gasteiger partial charge on any atom is 0.307 e. The van der Waals surface area contributed by atoms with Gasteiger partial charge in [-0.2, -0.15) is 5.10 Å². The molecule has 0 fully saturated rings. The number of nitro benzene ring substituents is 1. The summed E-state index contributed by atoms with van der Waals surface area (Å²) < 4.78 is 11.6. The fraction of sp³-hybridized carbons (Fsp3) is 0.0588. The summed E-state index contributed by atoms with van der Waals surface area (Å²) in [6.07, 6.45) is 1.09. The zero-order chi connectivity index (χ0) is 20.4. The lowest BCUT2D eigenvalue weighted by atomic mass is 10.2. The summed E-state index contributed by atoms with van der Waals surface area (Å²) >= 11 is 6.37. The first-order valence-corrected chi connectivity index (χ1v) is 9.16. The van der Waals surface area contributed by atoms with Crippen LogP contribution in [-0.2, 0) is 0 Å². The number of fused-ring (bicyclic) bond motifs is 1. The van der Waals surface area contributed by atoms with Gasteiger partial charge in [-0.3, -0.25) is 14.9 Å². The number of phenols is 1. The summed E-state index contributed by atoms with van der Waals surface area (Å²) in [4.78, 5) is 22.6. The van der Waals surface area contributed by atoms with Gasteiger partial charge in [0.25, 0.3) is 5.69 Å². The van der Waals surface area contributed by atoms with E-state index in [4.69, 9.17) is 9.15 Å². The van der Waals surface area contributed by atoms with Gasteiger partial charge < -0.3 is 14.3 Å². The average Bonchev–Trinajstić information content (AvgIpc) is 3.07. The Balaban J connectivity index is 1.83. The first-order valence-electron chi connectivity index (χ1n) is 7.57. The van der Waals surface area contributed by atoms with E-state index < -0.39 is 10.8 Å². The number of carbonyl (C=O) groups is 1. The summed E-state index contributed by atoms with van der Waals surface area (Å²) in [5.74, 6) is -0.442. The molecule has 0 unspecified atom stereocenters. The molecular formula is C17H11Br2N3O6. The van der Waals surface area contributed by atoms with Crippen molar-refractivity contribution >= 4 is 60.6 Å². The van der Waals surface area contributed by atoms with Crippen LogP contribution in [0.3, 0.4) is 0 Å². The van der Waals surface area contributed by atoms with Crippen LogP contribution < -0.4 is 10.2 Å². The molecule has 2 aromatic carbocycles. The van der Waals surface area contributed by atoms with Crippen molar-refractivity contribution < 1.29 is 24.0 Å². The maximum absolute atomic E-state index is 12.3. The van der Waals surface area contributed by atoms with Crippen molar-refractivity contribution in [2.24, 2.45) is 5.10 Å². The van der Waals surface area contributed by atoms with Crippen molar-refractivity contribution in [3.63, 3.8) is 0 Å². The molecule has 0 atom stereocenters. The smallest absolute Gasteiger partial charge is 0.307 e. The summed E-state index contributed by atoms with van der Waals surface area (Å²) in [7, 11) is 1.48. The van der Waals surface area contributed by atoms with Crippen molar-refractivity contribution in [2.75, 3.05) is 7.11 Å². The number of furan rings is 1. The molecule has 144 valence electrons.